The molecule has 4 atom stereocenters. The summed E-state index contributed by atoms with van der Waals surface area (Å²) in [6.45, 7) is 4.83. The molecule has 32 heavy (non-hydrogen) atoms. The van der Waals surface area contributed by atoms with Gasteiger partial charge in [0.1, 0.15) is 11.6 Å². The monoisotopic (exact) mass is 438 g/mol. The van der Waals surface area contributed by atoms with Crippen molar-refractivity contribution in [1.82, 2.24) is 0 Å². The van der Waals surface area contributed by atoms with Crippen molar-refractivity contribution in [1.29, 1.82) is 0 Å². The fourth-order valence-electron chi connectivity index (χ4n) is 5.89. The molecule has 0 saturated heterocycles. The summed E-state index contributed by atoms with van der Waals surface area (Å²) in [5, 5.41) is 0. The van der Waals surface area contributed by atoms with Crippen molar-refractivity contribution in [2.75, 3.05) is 6.61 Å². The van der Waals surface area contributed by atoms with E-state index in [9.17, 15) is 8.78 Å². The first-order valence-corrected chi connectivity index (χ1v) is 12.4. The lowest BCUT2D eigenvalue weighted by Gasteiger charge is -2.42. The number of fused-ring (bicyclic) bond motifs is 1. The fraction of sp³-hybridized carbons (Fsp3) is 0.517. The summed E-state index contributed by atoms with van der Waals surface area (Å²) in [6.07, 6.45) is 12.8. The summed E-state index contributed by atoms with van der Waals surface area (Å²) in [4.78, 5) is 0. The first-order valence-electron chi connectivity index (χ1n) is 12.4. The number of rotatable bonds is 7. The van der Waals surface area contributed by atoms with Crippen molar-refractivity contribution < 1.29 is 13.5 Å². The Labute approximate surface area is 191 Å². The summed E-state index contributed by atoms with van der Waals surface area (Å²) in [7, 11) is 0. The number of hydrogen-bond donors (Lipinski definition) is 0. The molecular weight excluding hydrogens is 402 g/mol. The van der Waals surface area contributed by atoms with Crippen LogP contribution >= 0.6 is 0 Å². The molecule has 0 bridgehead atoms. The molecule has 4 unspecified atom stereocenters. The Morgan fingerprint density at radius 3 is 2.28 bits per heavy atom. The molecule has 3 heteroatoms. The molecular formula is C29H36F2O. The zero-order chi connectivity index (χ0) is 22.5. The first-order chi connectivity index (χ1) is 15.6. The van der Waals surface area contributed by atoms with Gasteiger partial charge in [-0.25, -0.2) is 8.78 Å². The van der Waals surface area contributed by atoms with E-state index in [4.69, 9.17) is 4.74 Å². The zero-order valence-corrected chi connectivity index (χ0v) is 19.5. The average Bonchev–Trinajstić information content (AvgIpc) is 2.81. The zero-order valence-electron chi connectivity index (χ0n) is 19.5. The van der Waals surface area contributed by atoms with Gasteiger partial charge < -0.3 is 4.74 Å². The largest absolute Gasteiger partial charge is 0.378 e. The third-order valence-electron chi connectivity index (χ3n) is 7.62. The standard InChI is InChI=1S/C29H36F2O/c1-3-5-6-7-27-28(30)18-25(19-29(27)31)21-10-8-20(9-11-21)22-12-13-24-17-26(32-4-2)15-14-23(24)16-22/h3,5,8-11,18-19,22-24,26H,4,6-7,12-17H2,1-2H3/b5-3+. The number of hydrogen-bond acceptors (Lipinski definition) is 1. The van der Waals surface area contributed by atoms with Crippen LogP contribution in [0.15, 0.2) is 48.6 Å². The van der Waals surface area contributed by atoms with Gasteiger partial charge in [0.15, 0.2) is 0 Å². The van der Waals surface area contributed by atoms with E-state index < -0.39 is 11.6 Å². The number of halogens is 2. The minimum atomic E-state index is -0.449. The van der Waals surface area contributed by atoms with Crippen LogP contribution in [0, 0.1) is 23.5 Å². The number of benzene rings is 2. The molecule has 2 fully saturated rings. The Bertz CT molecular complexity index is 894. The second kappa shape index (κ2) is 10.7. The Morgan fingerprint density at radius 1 is 0.906 bits per heavy atom. The highest BCUT2D eigenvalue weighted by molar-refractivity contribution is 5.64. The van der Waals surface area contributed by atoms with Crippen LogP contribution in [-0.4, -0.2) is 12.7 Å². The molecule has 2 aliphatic rings. The van der Waals surface area contributed by atoms with Gasteiger partial charge in [-0.1, -0.05) is 36.4 Å². The van der Waals surface area contributed by atoms with Crippen molar-refractivity contribution in [2.24, 2.45) is 11.8 Å². The van der Waals surface area contributed by atoms with Crippen LogP contribution in [0.25, 0.3) is 11.1 Å². The van der Waals surface area contributed by atoms with Gasteiger partial charge in [-0.2, -0.15) is 0 Å². The van der Waals surface area contributed by atoms with Crippen LogP contribution in [0.1, 0.15) is 75.8 Å². The topological polar surface area (TPSA) is 9.23 Å². The van der Waals surface area contributed by atoms with Gasteiger partial charge in [-0.3, -0.25) is 0 Å². The van der Waals surface area contributed by atoms with E-state index in [1.54, 1.807) is 0 Å². The summed E-state index contributed by atoms with van der Waals surface area (Å²) in [5.74, 6) is 1.32. The molecule has 0 radical (unpaired) electrons. The minimum absolute atomic E-state index is 0.180. The van der Waals surface area contributed by atoms with Gasteiger partial charge in [0.2, 0.25) is 0 Å². The maximum Gasteiger partial charge on any atom is 0.129 e. The predicted octanol–water partition coefficient (Wildman–Crippen LogP) is 8.23. The van der Waals surface area contributed by atoms with Gasteiger partial charge in [-0.05, 0) is 112 Å². The quantitative estimate of drug-likeness (QED) is 0.396. The molecule has 4 rings (SSSR count). The van der Waals surface area contributed by atoms with Crippen molar-refractivity contribution in [3.8, 4) is 11.1 Å². The predicted molar refractivity (Wildman–Crippen MR) is 128 cm³/mol. The van der Waals surface area contributed by atoms with Crippen LogP contribution in [-0.2, 0) is 11.2 Å². The Kier molecular flexibility index (Phi) is 7.78. The normalized spacial score (nSPS) is 25.8. The van der Waals surface area contributed by atoms with Gasteiger partial charge in [0.25, 0.3) is 0 Å². The van der Waals surface area contributed by atoms with Crippen molar-refractivity contribution in [3.63, 3.8) is 0 Å². The molecule has 0 N–H and O–H groups in total. The van der Waals surface area contributed by atoms with Gasteiger partial charge in [0.05, 0.1) is 6.10 Å². The number of allylic oxidation sites excluding steroid dienone is 2. The summed E-state index contributed by atoms with van der Waals surface area (Å²) in [6, 6.07) is 11.3. The fourth-order valence-corrected chi connectivity index (χ4v) is 5.89. The van der Waals surface area contributed by atoms with Crippen LogP contribution in [0.5, 0.6) is 0 Å². The summed E-state index contributed by atoms with van der Waals surface area (Å²) < 4.78 is 35.0. The highest BCUT2D eigenvalue weighted by Crippen LogP contribution is 2.46. The van der Waals surface area contributed by atoms with Gasteiger partial charge in [0, 0.05) is 12.2 Å². The van der Waals surface area contributed by atoms with E-state index in [-0.39, 0.29) is 5.56 Å². The van der Waals surface area contributed by atoms with Crippen molar-refractivity contribution in [3.05, 3.63) is 71.3 Å². The molecule has 2 aromatic rings. The van der Waals surface area contributed by atoms with Crippen LogP contribution < -0.4 is 0 Å². The number of ether oxygens (including phenoxy) is 1. The lowest BCUT2D eigenvalue weighted by atomic mass is 9.65. The van der Waals surface area contributed by atoms with Gasteiger partial charge >= 0.3 is 0 Å². The van der Waals surface area contributed by atoms with Crippen LogP contribution in [0.4, 0.5) is 8.78 Å². The lowest BCUT2D eigenvalue weighted by molar-refractivity contribution is -0.00955. The Balaban J connectivity index is 1.42. The van der Waals surface area contributed by atoms with Crippen molar-refractivity contribution >= 4 is 0 Å². The van der Waals surface area contributed by atoms with E-state index in [2.05, 4.69) is 19.1 Å². The molecule has 2 aromatic carbocycles. The molecule has 0 heterocycles. The van der Waals surface area contributed by atoms with E-state index in [0.29, 0.717) is 30.4 Å². The van der Waals surface area contributed by atoms with Crippen LogP contribution in [0.3, 0.4) is 0 Å². The molecule has 2 aliphatic carbocycles. The van der Waals surface area contributed by atoms with Crippen LogP contribution in [0.2, 0.25) is 0 Å². The minimum Gasteiger partial charge on any atom is -0.378 e. The third-order valence-corrected chi connectivity index (χ3v) is 7.62. The Hall–Kier alpha value is -2.00. The molecule has 0 spiro atoms. The first kappa shape index (κ1) is 23.2. The Morgan fingerprint density at radius 2 is 1.59 bits per heavy atom. The molecule has 0 aliphatic heterocycles. The molecule has 0 amide bonds. The molecule has 2 saturated carbocycles. The molecule has 0 aromatic heterocycles. The second-order valence-corrected chi connectivity index (χ2v) is 9.57. The highest BCUT2D eigenvalue weighted by atomic mass is 19.1. The second-order valence-electron chi connectivity index (χ2n) is 9.57. The maximum absolute atomic E-state index is 14.6. The lowest BCUT2D eigenvalue weighted by Crippen LogP contribution is -2.33. The van der Waals surface area contributed by atoms with E-state index in [1.165, 1.54) is 56.2 Å². The van der Waals surface area contributed by atoms with E-state index in [1.807, 2.05) is 31.2 Å². The molecule has 1 nitrogen and oxygen atoms in total. The van der Waals surface area contributed by atoms with E-state index >= 15 is 0 Å². The molecule has 172 valence electrons. The van der Waals surface area contributed by atoms with E-state index in [0.717, 1.165) is 24.0 Å². The summed E-state index contributed by atoms with van der Waals surface area (Å²) >= 11 is 0. The third kappa shape index (κ3) is 5.31. The smallest absolute Gasteiger partial charge is 0.129 e. The maximum atomic E-state index is 14.6. The van der Waals surface area contributed by atoms with Gasteiger partial charge in [-0.15, -0.1) is 0 Å². The average molecular weight is 439 g/mol. The SMILES string of the molecule is C/C=C/CCc1c(F)cc(-c2ccc(C3CCC4CC(OCC)CCC4C3)cc2)cc1F. The summed E-state index contributed by atoms with van der Waals surface area (Å²) in [5.41, 5.74) is 3.03. The van der Waals surface area contributed by atoms with Crippen molar-refractivity contribution in [2.45, 2.75) is 77.2 Å². The highest BCUT2D eigenvalue weighted by Gasteiger charge is 2.36.